The lowest BCUT2D eigenvalue weighted by Gasteiger charge is -2.27. The molecule has 0 spiro atoms. The summed E-state index contributed by atoms with van der Waals surface area (Å²) in [5.74, 6) is -1.05. The number of anilines is 1. The molecule has 26 heteroatoms. The van der Waals surface area contributed by atoms with E-state index in [1.807, 2.05) is 9.48 Å². The van der Waals surface area contributed by atoms with Crippen LogP contribution in [0.5, 0.6) is 0 Å². The topological polar surface area (TPSA) is 332 Å². The first-order valence-corrected chi connectivity index (χ1v) is 30.1. The zero-order chi connectivity index (χ0) is 52.4. The molecule has 0 amide bonds. The van der Waals surface area contributed by atoms with E-state index in [4.69, 9.17) is 0 Å². The van der Waals surface area contributed by atoms with Crippen LogP contribution in [0, 0.1) is 0 Å². The van der Waals surface area contributed by atoms with Gasteiger partial charge in [0.05, 0.1) is 26.7 Å². The van der Waals surface area contributed by atoms with E-state index in [2.05, 4.69) is 0 Å². The molecule has 70 heavy (non-hydrogen) atoms. The lowest BCUT2D eigenvalue weighted by molar-refractivity contribution is -0.438. The molecule has 0 atom stereocenters. The lowest BCUT2D eigenvalue weighted by Crippen LogP contribution is -2.28. The number of hydrogen-bond acceptors (Lipinski definition) is 13. The van der Waals surface area contributed by atoms with E-state index in [9.17, 15) is 77.8 Å². The fourth-order valence-corrected chi connectivity index (χ4v) is 13.1. The average Bonchev–Trinajstić information content (AvgIpc) is 3.56. The van der Waals surface area contributed by atoms with Crippen molar-refractivity contribution in [3.05, 3.63) is 107 Å². The monoisotopic (exact) mass is 1090 g/mol. The Morgan fingerprint density at radius 1 is 0.600 bits per heavy atom. The Labute approximate surface area is 406 Å². The van der Waals surface area contributed by atoms with Gasteiger partial charge in [-0.25, -0.2) is 0 Å². The summed E-state index contributed by atoms with van der Waals surface area (Å²) in [6, 6.07) is 9.53. The fourth-order valence-electron chi connectivity index (χ4n) is 9.21. The summed E-state index contributed by atoms with van der Waals surface area (Å²) < 4.78 is 207. The standard InChI is InChI=1S/C44H50N2O18S6/c1-28(12-10-14-37-43(2,3)41-33(45(37)20-6-8-22-65(47,48)49)18-16-29-24-31(67(53,54)55)26-35(39(29)41)69(59,60)61)13-11-15-38-44(4,5)42-34(46(38)21-7-9-23-66(50,51)52)19-17-30-25-32(68(56,57)58)27-36(40(30)42)70(62,63)64/h10-19,24-27H,6-9,20-23H2,1-5H3,(H5-,47,48,49,50,51,52,53,54,55,56,57,58,59,60,61,62,63,64)/p+1. The van der Waals surface area contributed by atoms with E-state index in [0.717, 1.165) is 12.1 Å². The predicted molar refractivity (Wildman–Crippen MR) is 262 cm³/mol. The first-order valence-electron chi connectivity index (χ1n) is 21.1. The first kappa shape index (κ1) is 54.6. The number of hydrogen-bond donors (Lipinski definition) is 6. The van der Waals surface area contributed by atoms with Crippen LogP contribution in [-0.4, -0.2) is 113 Å². The van der Waals surface area contributed by atoms with Crippen molar-refractivity contribution in [2.45, 2.75) is 90.7 Å². The van der Waals surface area contributed by atoms with E-state index in [-0.39, 0.29) is 60.3 Å². The number of unbranched alkanes of at least 4 members (excludes halogenated alkanes) is 2. The van der Waals surface area contributed by atoms with Gasteiger partial charge in [-0.3, -0.25) is 27.3 Å². The van der Waals surface area contributed by atoms with Crippen molar-refractivity contribution in [3.8, 4) is 0 Å². The van der Waals surface area contributed by atoms with Gasteiger partial charge in [0.25, 0.3) is 60.7 Å². The second-order valence-corrected chi connectivity index (χ2v) is 26.7. The summed E-state index contributed by atoms with van der Waals surface area (Å²) in [6.45, 7) is 9.17. The molecule has 0 fully saturated rings. The Kier molecular flexibility index (Phi) is 14.9. The van der Waals surface area contributed by atoms with Crippen molar-refractivity contribution in [1.29, 1.82) is 0 Å². The summed E-state index contributed by atoms with van der Waals surface area (Å²) in [7, 11) is -28.6. The zero-order valence-corrected chi connectivity index (χ0v) is 43.1. The first-order chi connectivity index (χ1) is 31.9. The lowest BCUT2D eigenvalue weighted by atomic mass is 9.79. The number of nitrogens with zero attached hydrogens (tertiary/aromatic N) is 2. The highest BCUT2D eigenvalue weighted by molar-refractivity contribution is 7.87. The molecule has 0 saturated carbocycles. The predicted octanol–water partition coefficient (Wildman–Crippen LogP) is 6.43. The van der Waals surface area contributed by atoms with E-state index < -0.39 is 103 Å². The summed E-state index contributed by atoms with van der Waals surface area (Å²) in [6.07, 6.45) is 10.9. The molecular formula is C44H51N2O18S6+. The van der Waals surface area contributed by atoms with Gasteiger partial charge in [-0.05, 0) is 98.8 Å². The van der Waals surface area contributed by atoms with Crippen molar-refractivity contribution in [1.82, 2.24) is 0 Å². The van der Waals surface area contributed by atoms with Crippen LogP contribution in [0.15, 0.2) is 116 Å². The molecule has 0 unspecified atom stereocenters. The molecule has 2 aliphatic rings. The second-order valence-electron chi connectivity index (χ2n) is 18.0. The maximum absolute atomic E-state index is 12.8. The third kappa shape index (κ3) is 11.6. The molecule has 0 bridgehead atoms. The Balaban J connectivity index is 1.43. The highest BCUT2D eigenvalue weighted by Gasteiger charge is 2.47. The van der Waals surface area contributed by atoms with Gasteiger partial charge in [0.2, 0.25) is 5.69 Å². The molecule has 0 saturated heterocycles. The van der Waals surface area contributed by atoms with Gasteiger partial charge in [0.1, 0.15) is 16.3 Å². The molecule has 0 radical (unpaired) electrons. The van der Waals surface area contributed by atoms with Gasteiger partial charge in [-0.1, -0.05) is 49.8 Å². The van der Waals surface area contributed by atoms with E-state index in [1.54, 1.807) is 83.2 Å². The van der Waals surface area contributed by atoms with Gasteiger partial charge in [-0.15, -0.1) is 0 Å². The number of benzene rings is 4. The van der Waals surface area contributed by atoms with Gasteiger partial charge in [-0.2, -0.15) is 55.1 Å². The van der Waals surface area contributed by atoms with Gasteiger partial charge in [0, 0.05) is 58.2 Å². The number of allylic oxidation sites excluding steroid dienone is 8. The maximum Gasteiger partial charge on any atom is 0.295 e. The van der Waals surface area contributed by atoms with Crippen LogP contribution in [0.1, 0.15) is 71.4 Å². The molecule has 4 aromatic rings. The molecular weight excluding hydrogens is 1040 g/mol. The van der Waals surface area contributed by atoms with Gasteiger partial charge >= 0.3 is 0 Å². The highest BCUT2D eigenvalue weighted by atomic mass is 32.2. The van der Waals surface area contributed by atoms with Crippen LogP contribution in [0.25, 0.3) is 21.5 Å². The SMILES string of the molecule is CC(/C=C/C=C1/N(CCCCS(=O)(=O)O)c2ccc3cc(S(=O)(=O)O)cc(S(=O)(=O)O)c3c2C1(C)C)=C\C=C\C1=[N+](CCCCS(=O)(=O)O)c2ccc3cc(S(=O)(=O)O)cc(S(=O)(=O)O)c3c2C1(C)C. The van der Waals surface area contributed by atoms with Crippen LogP contribution in [0.4, 0.5) is 11.4 Å². The normalized spacial score (nSPS) is 17.5. The minimum Gasteiger partial charge on any atom is -0.344 e. The third-order valence-electron chi connectivity index (χ3n) is 12.2. The van der Waals surface area contributed by atoms with Gasteiger partial charge < -0.3 is 4.90 Å². The van der Waals surface area contributed by atoms with Gasteiger partial charge in [0.15, 0.2) is 5.71 Å². The Morgan fingerprint density at radius 3 is 1.60 bits per heavy atom. The summed E-state index contributed by atoms with van der Waals surface area (Å²) in [5, 5.41) is 0.122. The molecule has 4 aromatic carbocycles. The van der Waals surface area contributed by atoms with Crippen LogP contribution in [-0.2, 0) is 71.5 Å². The molecule has 2 heterocycles. The van der Waals surface area contributed by atoms with Crippen molar-refractivity contribution >= 4 is 99.3 Å². The van der Waals surface area contributed by atoms with Crippen LogP contribution in [0.2, 0.25) is 0 Å². The van der Waals surface area contributed by atoms with E-state index in [1.165, 1.54) is 12.1 Å². The molecule has 380 valence electrons. The minimum atomic E-state index is -5.10. The van der Waals surface area contributed by atoms with Crippen LogP contribution < -0.4 is 4.90 Å². The van der Waals surface area contributed by atoms with Crippen LogP contribution in [0.3, 0.4) is 0 Å². The summed E-state index contributed by atoms with van der Waals surface area (Å²) in [4.78, 5) is -1.25. The maximum atomic E-state index is 12.8. The highest BCUT2D eigenvalue weighted by Crippen LogP contribution is 2.52. The Morgan fingerprint density at radius 2 is 1.10 bits per heavy atom. The number of rotatable bonds is 18. The van der Waals surface area contributed by atoms with E-state index in [0.29, 0.717) is 51.6 Å². The molecule has 2 aliphatic heterocycles. The molecule has 20 nitrogen and oxygen atoms in total. The number of fused-ring (bicyclic) bond motifs is 6. The zero-order valence-electron chi connectivity index (χ0n) is 38.2. The average molecular weight is 1090 g/mol. The molecule has 0 aromatic heterocycles. The second kappa shape index (κ2) is 19.0. The largest absolute Gasteiger partial charge is 0.344 e. The smallest absolute Gasteiger partial charge is 0.295 e. The van der Waals surface area contributed by atoms with Crippen molar-refractivity contribution in [3.63, 3.8) is 0 Å². The van der Waals surface area contributed by atoms with Crippen molar-refractivity contribution < 1.29 is 82.4 Å². The van der Waals surface area contributed by atoms with Crippen LogP contribution >= 0.6 is 0 Å². The molecule has 6 N–H and O–H groups in total. The summed E-state index contributed by atoms with van der Waals surface area (Å²) >= 11 is 0. The fraction of sp³-hybridized carbons (Fsp3) is 0.341. The van der Waals surface area contributed by atoms with Crippen molar-refractivity contribution in [2.24, 2.45) is 0 Å². The van der Waals surface area contributed by atoms with Crippen molar-refractivity contribution in [2.75, 3.05) is 29.5 Å². The molecule has 6 rings (SSSR count). The Hall–Kier alpha value is -4.71. The molecule has 0 aliphatic carbocycles. The quantitative estimate of drug-likeness (QED) is 0.0270. The summed E-state index contributed by atoms with van der Waals surface area (Å²) in [5.41, 5.74) is 1.34. The Bertz CT molecular complexity index is 3720. The minimum absolute atomic E-state index is 0.0130. The third-order valence-corrected chi connectivity index (χ3v) is 17.2. The van der Waals surface area contributed by atoms with E-state index >= 15 is 0 Å².